The molecule has 0 aromatic heterocycles. The number of carbonyl (C=O) groups is 2. The molecule has 0 saturated carbocycles. The number of ether oxygens (including phenoxy) is 1. The molecule has 24 heavy (non-hydrogen) atoms. The lowest BCUT2D eigenvalue weighted by Crippen LogP contribution is -2.45. The van der Waals surface area contributed by atoms with E-state index in [1.807, 2.05) is 53.7 Å². The molecule has 0 unspecified atom stereocenters. The third kappa shape index (κ3) is 4.28. The van der Waals surface area contributed by atoms with Crippen molar-refractivity contribution in [1.82, 2.24) is 4.90 Å². The predicted molar refractivity (Wildman–Crippen MR) is 95.2 cm³/mol. The van der Waals surface area contributed by atoms with Gasteiger partial charge in [-0.15, -0.1) is 0 Å². The van der Waals surface area contributed by atoms with E-state index in [9.17, 15) is 9.59 Å². The van der Waals surface area contributed by atoms with E-state index in [1.165, 1.54) is 5.56 Å². The number of amides is 2. The number of rotatable bonds is 2. The Labute approximate surface area is 144 Å². The zero-order chi connectivity index (χ0) is 18.1. The molecule has 1 aliphatic heterocycles. The highest BCUT2D eigenvalue weighted by molar-refractivity contribution is 5.98. The minimum Gasteiger partial charge on any atom is -0.444 e. The lowest BCUT2D eigenvalue weighted by atomic mass is 10.0. The second-order valence-electron chi connectivity index (χ2n) is 7.59. The summed E-state index contributed by atoms with van der Waals surface area (Å²) >= 11 is 0. The Kier molecular flexibility index (Phi) is 5.21. The Balaban J connectivity index is 2.13. The van der Waals surface area contributed by atoms with Crippen molar-refractivity contribution in [1.29, 1.82) is 0 Å². The summed E-state index contributed by atoms with van der Waals surface area (Å²) in [5.74, 6) is -0.145. The van der Waals surface area contributed by atoms with Gasteiger partial charge in [0.05, 0.1) is 0 Å². The summed E-state index contributed by atoms with van der Waals surface area (Å²) in [6.07, 6.45) is 1.05. The van der Waals surface area contributed by atoms with Gasteiger partial charge in [-0.3, -0.25) is 9.69 Å². The van der Waals surface area contributed by atoms with Gasteiger partial charge in [-0.2, -0.15) is 0 Å². The fraction of sp³-hybridized carbons (Fsp3) is 0.579. The van der Waals surface area contributed by atoms with Gasteiger partial charge >= 0.3 is 6.09 Å². The van der Waals surface area contributed by atoms with Crippen molar-refractivity contribution in [2.45, 2.75) is 66.0 Å². The number of aryl methyl sites for hydroxylation is 3. The van der Waals surface area contributed by atoms with Crippen molar-refractivity contribution < 1.29 is 14.3 Å². The fourth-order valence-corrected chi connectivity index (χ4v) is 3.16. The van der Waals surface area contributed by atoms with Crippen LogP contribution >= 0.6 is 0 Å². The number of hydrogen-bond donors (Lipinski definition) is 1. The van der Waals surface area contributed by atoms with Crippen molar-refractivity contribution >= 4 is 17.7 Å². The Morgan fingerprint density at radius 3 is 2.29 bits per heavy atom. The first-order valence-corrected chi connectivity index (χ1v) is 8.47. The summed E-state index contributed by atoms with van der Waals surface area (Å²) in [5.41, 5.74) is 3.50. The lowest BCUT2D eigenvalue weighted by molar-refractivity contribution is -0.120. The largest absolute Gasteiger partial charge is 0.444 e. The van der Waals surface area contributed by atoms with Gasteiger partial charge in [0.1, 0.15) is 11.6 Å². The number of likely N-dealkylation sites (tertiary alicyclic amines) is 1. The lowest BCUT2D eigenvalue weighted by Gasteiger charge is -2.28. The Morgan fingerprint density at radius 1 is 1.17 bits per heavy atom. The van der Waals surface area contributed by atoms with Crippen LogP contribution in [0.5, 0.6) is 0 Å². The second kappa shape index (κ2) is 6.83. The molecular formula is C19H28N2O3. The van der Waals surface area contributed by atoms with E-state index < -0.39 is 17.7 Å². The zero-order valence-corrected chi connectivity index (χ0v) is 15.5. The van der Waals surface area contributed by atoms with Crippen molar-refractivity contribution in [2.75, 3.05) is 11.9 Å². The summed E-state index contributed by atoms with van der Waals surface area (Å²) < 4.78 is 5.42. The van der Waals surface area contributed by atoms with Crippen LogP contribution in [-0.4, -0.2) is 35.1 Å². The maximum atomic E-state index is 12.7. The summed E-state index contributed by atoms with van der Waals surface area (Å²) in [5, 5.41) is 3.01. The molecule has 1 atom stereocenters. The molecule has 0 radical (unpaired) electrons. The SMILES string of the molecule is Cc1cc(C)c(NC(=O)[C@H]2CCCN2C(=O)OC(C)(C)C)c(C)c1. The molecule has 0 bridgehead atoms. The minimum absolute atomic E-state index is 0.145. The smallest absolute Gasteiger partial charge is 0.410 e. The summed E-state index contributed by atoms with van der Waals surface area (Å²) in [6, 6.07) is 3.62. The summed E-state index contributed by atoms with van der Waals surface area (Å²) in [7, 11) is 0. The molecule has 1 heterocycles. The molecule has 0 spiro atoms. The first-order valence-electron chi connectivity index (χ1n) is 8.47. The van der Waals surface area contributed by atoms with Gasteiger partial charge in [-0.1, -0.05) is 17.7 Å². The molecular weight excluding hydrogens is 304 g/mol. The molecule has 5 heteroatoms. The average Bonchev–Trinajstić information content (AvgIpc) is 2.90. The third-order valence-electron chi connectivity index (χ3n) is 4.11. The van der Waals surface area contributed by atoms with E-state index in [4.69, 9.17) is 4.74 Å². The number of benzene rings is 1. The molecule has 2 amide bonds. The highest BCUT2D eigenvalue weighted by atomic mass is 16.6. The maximum Gasteiger partial charge on any atom is 0.410 e. The highest BCUT2D eigenvalue weighted by Gasteiger charge is 2.36. The molecule has 2 rings (SSSR count). The van der Waals surface area contributed by atoms with E-state index in [0.717, 1.165) is 23.2 Å². The maximum absolute atomic E-state index is 12.7. The van der Waals surface area contributed by atoms with Crippen molar-refractivity contribution in [3.8, 4) is 0 Å². The molecule has 5 nitrogen and oxygen atoms in total. The molecule has 1 fully saturated rings. The van der Waals surface area contributed by atoms with Crippen LogP contribution in [0, 0.1) is 20.8 Å². The van der Waals surface area contributed by atoms with Gasteiger partial charge in [0.15, 0.2) is 0 Å². The molecule has 132 valence electrons. The normalized spacial score (nSPS) is 17.8. The third-order valence-corrected chi connectivity index (χ3v) is 4.11. The Hall–Kier alpha value is -2.04. The van der Waals surface area contributed by atoms with Crippen LogP contribution in [-0.2, 0) is 9.53 Å². The van der Waals surface area contributed by atoms with Gasteiger partial charge in [0.2, 0.25) is 5.91 Å². The van der Waals surface area contributed by atoms with Crippen molar-refractivity contribution in [3.63, 3.8) is 0 Å². The zero-order valence-electron chi connectivity index (χ0n) is 15.5. The Bertz CT molecular complexity index is 623. The van der Waals surface area contributed by atoms with Crippen LogP contribution in [0.25, 0.3) is 0 Å². The quantitative estimate of drug-likeness (QED) is 0.892. The molecule has 0 aliphatic carbocycles. The van der Waals surface area contributed by atoms with Gasteiger partial charge in [0.25, 0.3) is 0 Å². The first-order chi connectivity index (χ1) is 11.1. The van der Waals surface area contributed by atoms with Crippen LogP contribution in [0.2, 0.25) is 0 Å². The molecule has 1 N–H and O–H groups in total. The predicted octanol–water partition coefficient (Wildman–Crippen LogP) is 3.95. The standard InChI is InChI=1S/C19H28N2O3/c1-12-10-13(2)16(14(3)11-12)20-17(22)15-8-7-9-21(15)18(23)24-19(4,5)6/h10-11,15H,7-9H2,1-6H3,(H,20,22)/t15-/m1/s1. The molecule has 1 aromatic rings. The molecule has 1 saturated heterocycles. The number of nitrogens with zero attached hydrogens (tertiary/aromatic N) is 1. The second-order valence-corrected chi connectivity index (χ2v) is 7.59. The number of carbonyl (C=O) groups excluding carboxylic acids is 2. The van der Waals surface area contributed by atoms with Crippen LogP contribution in [0.1, 0.15) is 50.3 Å². The van der Waals surface area contributed by atoms with E-state index in [2.05, 4.69) is 5.32 Å². The van der Waals surface area contributed by atoms with Gasteiger partial charge < -0.3 is 10.1 Å². The number of anilines is 1. The minimum atomic E-state index is -0.565. The van der Waals surface area contributed by atoms with E-state index in [-0.39, 0.29) is 5.91 Å². The van der Waals surface area contributed by atoms with Crippen LogP contribution in [0.15, 0.2) is 12.1 Å². The van der Waals surface area contributed by atoms with Crippen molar-refractivity contribution in [2.24, 2.45) is 0 Å². The van der Waals surface area contributed by atoms with E-state index in [0.29, 0.717) is 13.0 Å². The monoisotopic (exact) mass is 332 g/mol. The van der Waals surface area contributed by atoms with Crippen molar-refractivity contribution in [3.05, 3.63) is 28.8 Å². The van der Waals surface area contributed by atoms with E-state index >= 15 is 0 Å². The number of nitrogens with one attached hydrogen (secondary N) is 1. The average molecular weight is 332 g/mol. The van der Waals surface area contributed by atoms with Crippen LogP contribution in [0.4, 0.5) is 10.5 Å². The summed E-state index contributed by atoms with van der Waals surface area (Å²) in [6.45, 7) is 12.0. The van der Waals surface area contributed by atoms with Crippen LogP contribution < -0.4 is 5.32 Å². The fourth-order valence-electron chi connectivity index (χ4n) is 3.16. The van der Waals surface area contributed by atoms with Gasteiger partial charge in [-0.05, 0) is 65.5 Å². The highest BCUT2D eigenvalue weighted by Crippen LogP contribution is 2.25. The first kappa shape index (κ1) is 18.3. The number of hydrogen-bond acceptors (Lipinski definition) is 3. The van der Waals surface area contributed by atoms with Crippen LogP contribution in [0.3, 0.4) is 0 Å². The molecule has 1 aliphatic rings. The van der Waals surface area contributed by atoms with Gasteiger partial charge in [0, 0.05) is 12.2 Å². The molecule has 1 aromatic carbocycles. The van der Waals surface area contributed by atoms with E-state index in [1.54, 1.807) is 4.90 Å². The van der Waals surface area contributed by atoms with Gasteiger partial charge in [-0.25, -0.2) is 4.79 Å². The summed E-state index contributed by atoms with van der Waals surface area (Å²) in [4.78, 5) is 26.6. The topological polar surface area (TPSA) is 58.6 Å². The Morgan fingerprint density at radius 2 is 1.75 bits per heavy atom.